The number of aliphatic hydroxyl groups excluding tert-OH is 2. The number of rotatable bonds is 4. The summed E-state index contributed by atoms with van der Waals surface area (Å²) >= 11 is 0. The Balaban J connectivity index is 2.91. The highest BCUT2D eigenvalue weighted by molar-refractivity contribution is 5.75. The number of hydrogen-bond acceptors (Lipinski definition) is 4. The number of carbonyl (C=O) groups excluding carboxylic acids is 1. The Kier molecular flexibility index (Phi) is 4.66. The van der Waals surface area contributed by atoms with Crippen LogP contribution in [0.25, 0.3) is 0 Å². The van der Waals surface area contributed by atoms with Crippen LogP contribution in [0.2, 0.25) is 0 Å². The molecule has 1 aromatic carbocycles. The van der Waals surface area contributed by atoms with E-state index in [9.17, 15) is 15.0 Å². The second kappa shape index (κ2) is 5.80. The van der Waals surface area contributed by atoms with Crippen LogP contribution in [0.1, 0.15) is 29.7 Å². The summed E-state index contributed by atoms with van der Waals surface area (Å²) in [6.07, 6.45) is -2.80. The minimum absolute atomic E-state index is 0.176. The molecule has 0 saturated carbocycles. The Hall–Kier alpha value is -1.39. The van der Waals surface area contributed by atoms with Gasteiger partial charge in [-0.3, -0.25) is 0 Å². The summed E-state index contributed by atoms with van der Waals surface area (Å²) in [4.78, 5) is 11.3. The molecule has 2 N–H and O–H groups in total. The first-order chi connectivity index (χ1) is 7.97. The molecule has 0 spiro atoms. The number of carbonyl (C=O) groups is 1. The van der Waals surface area contributed by atoms with Gasteiger partial charge < -0.3 is 14.9 Å². The Morgan fingerprint density at radius 1 is 1.35 bits per heavy atom. The van der Waals surface area contributed by atoms with Crippen LogP contribution in [0.15, 0.2) is 18.2 Å². The largest absolute Gasteiger partial charge is 0.464 e. The molecule has 1 aromatic rings. The third kappa shape index (κ3) is 3.28. The lowest BCUT2D eigenvalue weighted by atomic mass is 9.97. The number of aliphatic hydroxyl groups is 2. The summed E-state index contributed by atoms with van der Waals surface area (Å²) in [7, 11) is 0. The van der Waals surface area contributed by atoms with Crippen LogP contribution >= 0.6 is 0 Å². The Labute approximate surface area is 101 Å². The molecule has 0 amide bonds. The maximum Gasteiger partial charge on any atom is 0.338 e. The maximum atomic E-state index is 11.3. The van der Waals surface area contributed by atoms with Gasteiger partial charge in [0.2, 0.25) is 0 Å². The highest BCUT2D eigenvalue weighted by atomic mass is 16.5. The second-order valence-corrected chi connectivity index (χ2v) is 4.00. The lowest BCUT2D eigenvalue weighted by Gasteiger charge is -2.19. The molecule has 1 rings (SSSR count). The van der Waals surface area contributed by atoms with Gasteiger partial charge in [0.25, 0.3) is 0 Å². The summed E-state index contributed by atoms with van der Waals surface area (Å²) in [6, 6.07) is 5.50. The zero-order valence-electron chi connectivity index (χ0n) is 10.3. The first-order valence-electron chi connectivity index (χ1n) is 5.57. The molecule has 0 radical (unpaired) electrons. The van der Waals surface area contributed by atoms with Crippen LogP contribution in [0.3, 0.4) is 0 Å². The zero-order chi connectivity index (χ0) is 13.0. The fourth-order valence-corrected chi connectivity index (χ4v) is 1.61. The summed E-state index contributed by atoms with van der Waals surface area (Å²) in [5.41, 5.74) is 2.33. The number of benzene rings is 1. The van der Waals surface area contributed by atoms with E-state index in [-0.39, 0.29) is 6.61 Å². The average Bonchev–Trinajstić information content (AvgIpc) is 2.30. The molecular formula is C13H18O4. The standard InChI is InChI=1S/C13H18O4/c1-4-17-13(16)12(15)11(14)10-7-8(2)5-6-9(10)3/h5-7,11-12,14-15H,4H2,1-3H3. The van der Waals surface area contributed by atoms with E-state index in [1.807, 2.05) is 26.0 Å². The normalized spacial score (nSPS) is 14.2. The molecule has 0 saturated heterocycles. The van der Waals surface area contributed by atoms with Crippen LogP contribution in [-0.2, 0) is 9.53 Å². The summed E-state index contributed by atoms with van der Waals surface area (Å²) < 4.78 is 4.67. The van der Waals surface area contributed by atoms with Gasteiger partial charge in [-0.2, -0.15) is 0 Å². The molecule has 0 aliphatic carbocycles. The lowest BCUT2D eigenvalue weighted by molar-refractivity contribution is -0.159. The van der Waals surface area contributed by atoms with Gasteiger partial charge >= 0.3 is 5.97 Å². The first-order valence-corrected chi connectivity index (χ1v) is 5.57. The number of esters is 1. The van der Waals surface area contributed by atoms with E-state index >= 15 is 0 Å². The smallest absolute Gasteiger partial charge is 0.338 e. The highest BCUT2D eigenvalue weighted by Crippen LogP contribution is 2.22. The number of hydrogen-bond donors (Lipinski definition) is 2. The Morgan fingerprint density at radius 2 is 2.00 bits per heavy atom. The van der Waals surface area contributed by atoms with Crippen LogP contribution < -0.4 is 0 Å². The van der Waals surface area contributed by atoms with Crippen LogP contribution in [0.4, 0.5) is 0 Å². The van der Waals surface area contributed by atoms with E-state index in [0.29, 0.717) is 5.56 Å². The third-order valence-electron chi connectivity index (χ3n) is 2.58. The van der Waals surface area contributed by atoms with Crippen LogP contribution in [0, 0.1) is 13.8 Å². The van der Waals surface area contributed by atoms with E-state index in [1.54, 1.807) is 13.0 Å². The summed E-state index contributed by atoms with van der Waals surface area (Å²) in [5, 5.41) is 19.6. The summed E-state index contributed by atoms with van der Waals surface area (Å²) in [6.45, 7) is 5.52. The summed E-state index contributed by atoms with van der Waals surface area (Å²) in [5.74, 6) is -0.805. The van der Waals surface area contributed by atoms with Gasteiger partial charge in [0.1, 0.15) is 6.10 Å². The SMILES string of the molecule is CCOC(=O)C(O)C(O)c1cc(C)ccc1C. The Bertz CT molecular complexity index is 400. The van der Waals surface area contributed by atoms with Crippen molar-refractivity contribution in [1.29, 1.82) is 0 Å². The van der Waals surface area contributed by atoms with Gasteiger partial charge in [0.05, 0.1) is 6.61 Å². The van der Waals surface area contributed by atoms with Crippen molar-refractivity contribution < 1.29 is 19.7 Å². The predicted octanol–water partition coefficient (Wildman–Crippen LogP) is 1.26. The molecule has 0 bridgehead atoms. The first kappa shape index (κ1) is 13.7. The van der Waals surface area contributed by atoms with Crippen molar-refractivity contribution in [3.8, 4) is 0 Å². The maximum absolute atomic E-state index is 11.3. The van der Waals surface area contributed by atoms with Crippen molar-refractivity contribution in [3.05, 3.63) is 34.9 Å². The molecule has 0 aromatic heterocycles. The molecule has 0 aliphatic heterocycles. The van der Waals surface area contributed by atoms with E-state index in [2.05, 4.69) is 4.74 Å². The molecule has 0 fully saturated rings. The van der Waals surface area contributed by atoms with Gasteiger partial charge in [0.15, 0.2) is 6.10 Å². The van der Waals surface area contributed by atoms with Crippen molar-refractivity contribution in [1.82, 2.24) is 0 Å². The van der Waals surface area contributed by atoms with Gasteiger partial charge in [-0.1, -0.05) is 23.8 Å². The van der Waals surface area contributed by atoms with Crippen molar-refractivity contribution >= 4 is 5.97 Å². The zero-order valence-corrected chi connectivity index (χ0v) is 10.3. The van der Waals surface area contributed by atoms with E-state index < -0.39 is 18.2 Å². The Morgan fingerprint density at radius 3 is 2.59 bits per heavy atom. The number of ether oxygens (including phenoxy) is 1. The molecule has 2 unspecified atom stereocenters. The highest BCUT2D eigenvalue weighted by Gasteiger charge is 2.27. The van der Waals surface area contributed by atoms with Crippen molar-refractivity contribution in [3.63, 3.8) is 0 Å². The second-order valence-electron chi connectivity index (χ2n) is 4.00. The number of aryl methyl sites for hydroxylation is 2. The van der Waals surface area contributed by atoms with Crippen LogP contribution in [0.5, 0.6) is 0 Å². The molecule has 0 heterocycles. The molecule has 2 atom stereocenters. The lowest BCUT2D eigenvalue weighted by Crippen LogP contribution is -2.30. The average molecular weight is 238 g/mol. The van der Waals surface area contributed by atoms with Crippen molar-refractivity contribution in [2.45, 2.75) is 33.0 Å². The molecule has 4 heteroatoms. The van der Waals surface area contributed by atoms with Gasteiger partial charge in [-0.25, -0.2) is 4.79 Å². The van der Waals surface area contributed by atoms with Crippen LogP contribution in [-0.4, -0.2) is 28.9 Å². The molecule has 94 valence electrons. The van der Waals surface area contributed by atoms with Crippen molar-refractivity contribution in [2.24, 2.45) is 0 Å². The third-order valence-corrected chi connectivity index (χ3v) is 2.58. The fraction of sp³-hybridized carbons (Fsp3) is 0.462. The van der Waals surface area contributed by atoms with E-state index in [0.717, 1.165) is 11.1 Å². The monoisotopic (exact) mass is 238 g/mol. The van der Waals surface area contributed by atoms with Gasteiger partial charge in [-0.05, 0) is 31.9 Å². The molecule has 0 aliphatic rings. The molecular weight excluding hydrogens is 220 g/mol. The quantitative estimate of drug-likeness (QED) is 0.775. The predicted molar refractivity (Wildman–Crippen MR) is 63.5 cm³/mol. The molecule has 4 nitrogen and oxygen atoms in total. The molecule has 17 heavy (non-hydrogen) atoms. The van der Waals surface area contributed by atoms with Crippen molar-refractivity contribution in [2.75, 3.05) is 6.61 Å². The minimum atomic E-state index is -1.55. The van der Waals surface area contributed by atoms with Gasteiger partial charge in [0, 0.05) is 0 Å². The minimum Gasteiger partial charge on any atom is -0.464 e. The topological polar surface area (TPSA) is 66.8 Å². The van der Waals surface area contributed by atoms with E-state index in [4.69, 9.17) is 0 Å². The fourth-order valence-electron chi connectivity index (χ4n) is 1.61. The van der Waals surface area contributed by atoms with E-state index in [1.165, 1.54) is 0 Å². The van der Waals surface area contributed by atoms with Gasteiger partial charge in [-0.15, -0.1) is 0 Å².